The lowest BCUT2D eigenvalue weighted by molar-refractivity contribution is -1.03. The molecule has 0 aliphatic carbocycles. The van der Waals surface area contributed by atoms with Crippen LogP contribution >= 0.6 is 0 Å². The molecule has 0 amide bonds. The molecule has 1 saturated heterocycles. The van der Waals surface area contributed by atoms with E-state index in [4.69, 9.17) is 9.47 Å². The van der Waals surface area contributed by atoms with Gasteiger partial charge in [-0.25, -0.2) is 0 Å². The molecule has 5 heteroatoms. The molecule has 0 saturated carbocycles. The lowest BCUT2D eigenvalue weighted by Crippen LogP contribution is -3.28. The van der Waals surface area contributed by atoms with E-state index in [1.54, 1.807) is 24.0 Å². The molecule has 0 spiro atoms. The van der Waals surface area contributed by atoms with E-state index in [-0.39, 0.29) is 0 Å². The Morgan fingerprint density at radius 2 is 1.76 bits per heavy atom. The summed E-state index contributed by atoms with van der Waals surface area (Å²) in [6, 6.07) is 6.72. The van der Waals surface area contributed by atoms with E-state index >= 15 is 0 Å². The summed E-state index contributed by atoms with van der Waals surface area (Å²) in [5.41, 5.74) is 5.48. The van der Waals surface area contributed by atoms with Crippen LogP contribution in [0.3, 0.4) is 0 Å². The van der Waals surface area contributed by atoms with E-state index in [2.05, 4.69) is 24.8 Å². The lowest BCUT2D eigenvalue weighted by Gasteiger charge is -2.33. The maximum absolute atomic E-state index is 5.43. The molecule has 21 heavy (non-hydrogen) atoms. The largest absolute Gasteiger partial charge is 0.493 e. The van der Waals surface area contributed by atoms with Gasteiger partial charge in [0, 0.05) is 5.56 Å². The van der Waals surface area contributed by atoms with E-state index in [0.29, 0.717) is 6.04 Å². The van der Waals surface area contributed by atoms with Crippen molar-refractivity contribution in [2.24, 2.45) is 0 Å². The van der Waals surface area contributed by atoms with Gasteiger partial charge in [-0.1, -0.05) is 0 Å². The maximum atomic E-state index is 5.43. The Morgan fingerprint density at radius 1 is 1.10 bits per heavy atom. The normalized spacial score (nSPS) is 23.6. The molecule has 1 aromatic rings. The van der Waals surface area contributed by atoms with E-state index in [9.17, 15) is 0 Å². The third-order valence-corrected chi connectivity index (χ3v) is 4.69. The third kappa shape index (κ3) is 3.67. The van der Waals surface area contributed by atoms with Crippen molar-refractivity contribution in [2.45, 2.75) is 13.0 Å². The molecule has 5 nitrogen and oxygen atoms in total. The van der Waals surface area contributed by atoms with E-state index < -0.39 is 0 Å². The van der Waals surface area contributed by atoms with E-state index in [1.807, 2.05) is 6.07 Å². The summed E-state index contributed by atoms with van der Waals surface area (Å²) < 4.78 is 10.8. The number of benzene rings is 1. The molecule has 1 aromatic carbocycles. The Labute approximate surface area is 127 Å². The summed E-state index contributed by atoms with van der Waals surface area (Å²) >= 11 is 0. The molecule has 2 rings (SSSR count). The van der Waals surface area contributed by atoms with Crippen LogP contribution in [0.15, 0.2) is 18.2 Å². The van der Waals surface area contributed by atoms with Gasteiger partial charge in [0.1, 0.15) is 32.7 Å². The van der Waals surface area contributed by atoms with Crippen molar-refractivity contribution < 1.29 is 25.0 Å². The predicted molar refractivity (Wildman–Crippen MR) is 82.0 cm³/mol. The second kappa shape index (κ2) is 7.64. The zero-order chi connectivity index (χ0) is 15.2. The van der Waals surface area contributed by atoms with Crippen molar-refractivity contribution in [1.82, 2.24) is 0 Å². The first-order valence-electron chi connectivity index (χ1n) is 7.92. The lowest BCUT2D eigenvalue weighted by atomic mass is 10.0. The molecule has 1 fully saturated rings. The number of rotatable bonds is 6. The van der Waals surface area contributed by atoms with Crippen LogP contribution < -0.4 is 25.0 Å². The molecule has 1 heterocycles. The van der Waals surface area contributed by atoms with Gasteiger partial charge in [0.15, 0.2) is 17.5 Å². The highest BCUT2D eigenvalue weighted by Gasteiger charge is 2.30. The van der Waals surface area contributed by atoms with Crippen LogP contribution in [0, 0.1) is 0 Å². The van der Waals surface area contributed by atoms with Crippen LogP contribution in [0.1, 0.15) is 18.5 Å². The fraction of sp³-hybridized carbons (Fsp3) is 0.625. The van der Waals surface area contributed by atoms with Crippen molar-refractivity contribution in [3.8, 4) is 11.5 Å². The van der Waals surface area contributed by atoms with Gasteiger partial charge in [-0.05, 0) is 25.1 Å². The average Bonchev–Trinajstić information content (AvgIpc) is 2.56. The molecule has 0 radical (unpaired) electrons. The van der Waals surface area contributed by atoms with Gasteiger partial charge < -0.3 is 25.0 Å². The van der Waals surface area contributed by atoms with Gasteiger partial charge in [-0.3, -0.25) is 0 Å². The minimum absolute atomic E-state index is 0.447. The molecule has 118 valence electrons. The maximum Gasteiger partial charge on any atom is 0.163 e. The second-order valence-corrected chi connectivity index (χ2v) is 5.72. The molecule has 0 bridgehead atoms. The molecular formula is C16H30N3O2+3. The fourth-order valence-electron chi connectivity index (χ4n) is 3.30. The van der Waals surface area contributed by atoms with Crippen molar-refractivity contribution in [1.29, 1.82) is 0 Å². The molecule has 0 aromatic heterocycles. The van der Waals surface area contributed by atoms with Gasteiger partial charge in [-0.2, -0.15) is 0 Å². The average molecular weight is 296 g/mol. The number of methoxy groups -OCH3 is 2. The van der Waals surface area contributed by atoms with Crippen LogP contribution in [0.25, 0.3) is 0 Å². The van der Waals surface area contributed by atoms with Gasteiger partial charge in [0.25, 0.3) is 0 Å². The van der Waals surface area contributed by atoms with E-state index in [0.717, 1.165) is 18.0 Å². The van der Waals surface area contributed by atoms with Gasteiger partial charge in [-0.15, -0.1) is 0 Å². The first-order chi connectivity index (χ1) is 10.2. The summed E-state index contributed by atoms with van der Waals surface area (Å²) in [6.45, 7) is 9.37. The molecule has 1 atom stereocenters. The van der Waals surface area contributed by atoms with Crippen molar-refractivity contribution >= 4 is 0 Å². The first-order valence-corrected chi connectivity index (χ1v) is 7.92. The Kier molecular flexibility index (Phi) is 5.85. The quantitative estimate of drug-likeness (QED) is 0.558. The summed E-state index contributed by atoms with van der Waals surface area (Å²) in [4.78, 5) is 3.36. The van der Waals surface area contributed by atoms with E-state index in [1.165, 1.54) is 38.3 Å². The zero-order valence-corrected chi connectivity index (χ0v) is 13.6. The SMILES string of the molecule is CC[NH+]1CC[NH+]([C@@H](C[NH3+])c2ccc(OC)c(OC)c2)CC1. The summed E-state index contributed by atoms with van der Waals surface area (Å²) in [6.07, 6.45) is 0. The molecule has 1 aliphatic rings. The highest BCUT2D eigenvalue weighted by Crippen LogP contribution is 2.29. The topological polar surface area (TPSA) is 55.0 Å². The first kappa shape index (κ1) is 16.1. The molecule has 5 N–H and O–H groups in total. The second-order valence-electron chi connectivity index (χ2n) is 5.72. The van der Waals surface area contributed by atoms with Crippen LogP contribution in [-0.4, -0.2) is 53.5 Å². The Hall–Kier alpha value is -1.30. The van der Waals surface area contributed by atoms with Crippen molar-refractivity contribution in [2.75, 3.05) is 53.5 Å². The molecule has 0 unspecified atom stereocenters. The fourth-order valence-corrected chi connectivity index (χ4v) is 3.30. The van der Waals surface area contributed by atoms with Gasteiger partial charge >= 0.3 is 0 Å². The predicted octanol–water partition coefficient (Wildman–Crippen LogP) is -2.21. The number of ether oxygens (including phenoxy) is 2. The number of quaternary nitrogens is 3. The van der Waals surface area contributed by atoms with Crippen molar-refractivity contribution in [3.63, 3.8) is 0 Å². The standard InChI is InChI=1S/C16H27N3O2/c1-4-18-7-9-19(10-8-18)14(12-17)13-5-6-15(20-2)16(11-13)21-3/h5-6,11,14H,4,7-10,12,17H2,1-3H3/p+3/t14-/m0/s1. The van der Waals surface area contributed by atoms with Gasteiger partial charge in [0.05, 0.1) is 20.8 Å². The minimum Gasteiger partial charge on any atom is -0.493 e. The molecular weight excluding hydrogens is 266 g/mol. The minimum atomic E-state index is 0.447. The zero-order valence-electron chi connectivity index (χ0n) is 13.6. The van der Waals surface area contributed by atoms with Crippen LogP contribution in [0.2, 0.25) is 0 Å². The number of hydrogen-bond acceptors (Lipinski definition) is 2. The number of piperazine rings is 1. The van der Waals surface area contributed by atoms with Crippen molar-refractivity contribution in [3.05, 3.63) is 23.8 Å². The Balaban J connectivity index is 2.14. The number of likely N-dealkylation sites (N-methyl/N-ethyl adjacent to an activating group) is 1. The van der Waals surface area contributed by atoms with Crippen LogP contribution in [0.4, 0.5) is 0 Å². The van der Waals surface area contributed by atoms with Gasteiger partial charge in [0.2, 0.25) is 0 Å². The Bertz CT molecular complexity index is 445. The number of hydrogen-bond donors (Lipinski definition) is 3. The third-order valence-electron chi connectivity index (χ3n) is 4.69. The summed E-state index contributed by atoms with van der Waals surface area (Å²) in [7, 11) is 3.37. The summed E-state index contributed by atoms with van der Waals surface area (Å²) in [5, 5.41) is 0. The van der Waals surface area contributed by atoms with Crippen LogP contribution in [-0.2, 0) is 0 Å². The summed E-state index contributed by atoms with van der Waals surface area (Å²) in [5.74, 6) is 1.60. The highest BCUT2D eigenvalue weighted by molar-refractivity contribution is 5.43. The smallest absolute Gasteiger partial charge is 0.163 e. The number of nitrogens with one attached hydrogen (secondary N) is 2. The molecule has 1 aliphatic heterocycles. The highest BCUT2D eigenvalue weighted by atomic mass is 16.5. The van der Waals surface area contributed by atoms with Crippen LogP contribution in [0.5, 0.6) is 11.5 Å². The Morgan fingerprint density at radius 3 is 2.29 bits per heavy atom. The monoisotopic (exact) mass is 296 g/mol.